The predicted octanol–water partition coefficient (Wildman–Crippen LogP) is 3.19. The van der Waals surface area contributed by atoms with E-state index in [4.69, 9.17) is 0 Å². The monoisotopic (exact) mass is 451 g/mol. The first-order valence-electron chi connectivity index (χ1n) is 11.9. The number of halogens is 1. The number of benzene rings is 1. The van der Waals surface area contributed by atoms with Gasteiger partial charge in [-0.25, -0.2) is 14.4 Å². The smallest absolute Gasteiger partial charge is 0.272 e. The number of rotatable bonds is 3. The summed E-state index contributed by atoms with van der Waals surface area (Å²) in [6, 6.07) is 8.15. The molecule has 2 aromatic rings. The van der Waals surface area contributed by atoms with Crippen LogP contribution >= 0.6 is 0 Å². The molecule has 4 heterocycles. The molecule has 0 radical (unpaired) electrons. The number of carbonyl (C=O) groups excluding carboxylic acids is 2. The molecule has 0 bridgehead atoms. The molecule has 3 saturated heterocycles. The average Bonchev–Trinajstić information content (AvgIpc) is 3.17. The van der Waals surface area contributed by atoms with Gasteiger partial charge in [0.2, 0.25) is 11.9 Å². The Morgan fingerprint density at radius 3 is 2.61 bits per heavy atom. The minimum atomic E-state index is -0.541. The number of nitrogens with zero attached hydrogens (tertiary/aromatic N) is 4. The van der Waals surface area contributed by atoms with E-state index in [-0.39, 0.29) is 23.5 Å². The molecule has 0 aliphatic carbocycles. The van der Waals surface area contributed by atoms with E-state index in [0.29, 0.717) is 31.2 Å². The van der Waals surface area contributed by atoms with Gasteiger partial charge in [0.1, 0.15) is 11.5 Å². The third-order valence-corrected chi connectivity index (χ3v) is 7.22. The van der Waals surface area contributed by atoms with E-state index in [1.54, 1.807) is 23.1 Å². The molecule has 8 heteroatoms. The molecule has 1 aromatic carbocycles. The number of amides is 2. The van der Waals surface area contributed by atoms with E-state index in [1.807, 2.05) is 6.92 Å². The predicted molar refractivity (Wildman–Crippen MR) is 123 cm³/mol. The van der Waals surface area contributed by atoms with E-state index >= 15 is 0 Å². The van der Waals surface area contributed by atoms with Gasteiger partial charge in [-0.2, -0.15) is 0 Å². The highest BCUT2D eigenvalue weighted by molar-refractivity contribution is 5.93. The zero-order valence-corrected chi connectivity index (χ0v) is 19.0. The highest BCUT2D eigenvalue weighted by Crippen LogP contribution is 2.41. The molecular weight excluding hydrogens is 421 g/mol. The number of hydrogen-bond donors (Lipinski definition) is 1. The lowest BCUT2D eigenvalue weighted by Crippen LogP contribution is -2.56. The van der Waals surface area contributed by atoms with Crippen molar-refractivity contribution in [2.75, 3.05) is 31.1 Å². The maximum atomic E-state index is 13.6. The lowest BCUT2D eigenvalue weighted by molar-refractivity contribution is -0.125. The first kappa shape index (κ1) is 21.8. The summed E-state index contributed by atoms with van der Waals surface area (Å²) in [5, 5.41) is 3.20. The van der Waals surface area contributed by atoms with Crippen LogP contribution in [0.15, 0.2) is 30.3 Å². The van der Waals surface area contributed by atoms with Gasteiger partial charge in [0.15, 0.2) is 0 Å². The van der Waals surface area contributed by atoms with Crippen molar-refractivity contribution in [2.24, 2.45) is 0 Å². The average molecular weight is 452 g/mol. The standard InChI is InChI=1S/C25H30FN5O2/c1-17-14-21(28-24(27-17)30-12-3-2-4-13-30)23(33)31-15-20(18-7-9-19(26)10-8-18)25(16-31)11-5-6-22(32)29-25/h7-10,14,20H,2-6,11-13,15-16H2,1H3,(H,29,32)/t20-,25+/m0/s1. The van der Waals surface area contributed by atoms with E-state index in [2.05, 4.69) is 20.2 Å². The van der Waals surface area contributed by atoms with Crippen LogP contribution in [0.5, 0.6) is 0 Å². The molecule has 1 spiro atoms. The fourth-order valence-corrected chi connectivity index (χ4v) is 5.59. The van der Waals surface area contributed by atoms with Crippen molar-refractivity contribution >= 4 is 17.8 Å². The molecule has 33 heavy (non-hydrogen) atoms. The van der Waals surface area contributed by atoms with E-state index in [0.717, 1.165) is 50.0 Å². The van der Waals surface area contributed by atoms with Gasteiger partial charge in [-0.05, 0) is 62.8 Å². The Labute approximate surface area is 193 Å². The van der Waals surface area contributed by atoms with Crippen LogP contribution in [0.1, 0.15) is 66.2 Å². The van der Waals surface area contributed by atoms with Crippen molar-refractivity contribution in [3.05, 3.63) is 53.1 Å². The Hall–Kier alpha value is -3.03. The van der Waals surface area contributed by atoms with Crippen molar-refractivity contribution in [1.29, 1.82) is 0 Å². The summed E-state index contributed by atoms with van der Waals surface area (Å²) in [6.07, 6.45) is 5.48. The first-order chi connectivity index (χ1) is 15.9. The Morgan fingerprint density at radius 1 is 1.12 bits per heavy atom. The first-order valence-corrected chi connectivity index (χ1v) is 11.9. The number of likely N-dealkylation sites (tertiary alicyclic amines) is 1. The van der Waals surface area contributed by atoms with Crippen LogP contribution in [0.2, 0.25) is 0 Å². The molecule has 7 nitrogen and oxygen atoms in total. The number of piperidine rings is 2. The van der Waals surface area contributed by atoms with Crippen LogP contribution in [0.4, 0.5) is 10.3 Å². The van der Waals surface area contributed by atoms with Crippen molar-refractivity contribution < 1.29 is 14.0 Å². The normalized spacial score (nSPS) is 25.4. The number of aromatic nitrogens is 2. The SMILES string of the molecule is Cc1cc(C(=O)N2C[C@@H](c3ccc(F)cc3)[C@@]3(CCCC(=O)N3)C2)nc(N2CCCCC2)n1. The second kappa shape index (κ2) is 8.72. The Bertz CT molecular complexity index is 1050. The molecule has 5 rings (SSSR count). The Balaban J connectivity index is 1.44. The summed E-state index contributed by atoms with van der Waals surface area (Å²) in [5.41, 5.74) is 1.55. The lowest BCUT2D eigenvalue weighted by atomic mass is 9.76. The summed E-state index contributed by atoms with van der Waals surface area (Å²) >= 11 is 0. The van der Waals surface area contributed by atoms with Crippen molar-refractivity contribution in [3.8, 4) is 0 Å². The van der Waals surface area contributed by atoms with E-state index in [1.165, 1.54) is 18.6 Å². The van der Waals surface area contributed by atoms with Crippen LogP contribution in [-0.4, -0.2) is 58.4 Å². The van der Waals surface area contributed by atoms with Gasteiger partial charge < -0.3 is 15.1 Å². The maximum Gasteiger partial charge on any atom is 0.272 e. The topological polar surface area (TPSA) is 78.4 Å². The van der Waals surface area contributed by atoms with Crippen molar-refractivity contribution in [3.63, 3.8) is 0 Å². The Morgan fingerprint density at radius 2 is 1.88 bits per heavy atom. The highest BCUT2D eigenvalue weighted by atomic mass is 19.1. The largest absolute Gasteiger partial charge is 0.348 e. The van der Waals surface area contributed by atoms with Gasteiger partial charge in [0, 0.05) is 44.2 Å². The summed E-state index contributed by atoms with van der Waals surface area (Å²) < 4.78 is 13.6. The van der Waals surface area contributed by atoms with Crippen LogP contribution in [-0.2, 0) is 4.79 Å². The second-order valence-corrected chi connectivity index (χ2v) is 9.59. The van der Waals surface area contributed by atoms with Gasteiger partial charge in [0.05, 0.1) is 5.54 Å². The maximum absolute atomic E-state index is 13.6. The van der Waals surface area contributed by atoms with Gasteiger partial charge >= 0.3 is 0 Å². The van der Waals surface area contributed by atoms with Gasteiger partial charge in [-0.1, -0.05) is 12.1 Å². The van der Waals surface area contributed by atoms with Crippen molar-refractivity contribution in [2.45, 2.75) is 56.9 Å². The second-order valence-electron chi connectivity index (χ2n) is 9.59. The molecule has 2 amide bonds. The fourth-order valence-electron chi connectivity index (χ4n) is 5.59. The van der Waals surface area contributed by atoms with Gasteiger partial charge in [-0.3, -0.25) is 9.59 Å². The van der Waals surface area contributed by atoms with E-state index in [9.17, 15) is 14.0 Å². The molecular formula is C25H30FN5O2. The van der Waals surface area contributed by atoms with Gasteiger partial charge in [0.25, 0.3) is 5.91 Å². The van der Waals surface area contributed by atoms with E-state index < -0.39 is 5.54 Å². The third-order valence-electron chi connectivity index (χ3n) is 7.22. The molecule has 1 aromatic heterocycles. The minimum Gasteiger partial charge on any atom is -0.348 e. The number of hydrogen-bond acceptors (Lipinski definition) is 5. The molecule has 1 N–H and O–H groups in total. The van der Waals surface area contributed by atoms with Crippen LogP contribution in [0.3, 0.4) is 0 Å². The number of carbonyl (C=O) groups is 2. The fraction of sp³-hybridized carbons (Fsp3) is 0.520. The molecule has 174 valence electrons. The van der Waals surface area contributed by atoms with Crippen molar-refractivity contribution in [1.82, 2.24) is 20.2 Å². The molecule has 3 aliphatic rings. The Kier molecular flexibility index (Phi) is 5.76. The zero-order valence-electron chi connectivity index (χ0n) is 19.0. The zero-order chi connectivity index (χ0) is 23.0. The molecule has 0 saturated carbocycles. The minimum absolute atomic E-state index is 0.00734. The number of aryl methyl sites for hydroxylation is 1. The number of nitrogens with one attached hydrogen (secondary N) is 1. The molecule has 2 atom stereocenters. The highest BCUT2D eigenvalue weighted by Gasteiger charge is 2.50. The van der Waals surface area contributed by atoms with Crippen LogP contribution in [0, 0.1) is 12.7 Å². The molecule has 3 fully saturated rings. The third kappa shape index (κ3) is 4.30. The number of anilines is 1. The summed E-state index contributed by atoms with van der Waals surface area (Å²) in [7, 11) is 0. The summed E-state index contributed by atoms with van der Waals surface area (Å²) in [4.78, 5) is 39.2. The van der Waals surface area contributed by atoms with Gasteiger partial charge in [-0.15, -0.1) is 0 Å². The van der Waals surface area contributed by atoms with Crippen LogP contribution in [0.25, 0.3) is 0 Å². The quantitative estimate of drug-likeness (QED) is 0.776. The summed E-state index contributed by atoms with van der Waals surface area (Å²) in [6.45, 7) is 4.57. The molecule has 0 unspecified atom stereocenters. The summed E-state index contributed by atoms with van der Waals surface area (Å²) in [5.74, 6) is 0.0763. The van der Waals surface area contributed by atoms with Crippen LogP contribution < -0.4 is 10.2 Å². The lowest BCUT2D eigenvalue weighted by Gasteiger charge is -2.39. The molecule has 3 aliphatic heterocycles.